The van der Waals surface area contributed by atoms with E-state index in [-0.39, 0.29) is 0 Å². The van der Waals surface area contributed by atoms with Crippen LogP contribution in [0.3, 0.4) is 0 Å². The van der Waals surface area contributed by atoms with E-state index in [4.69, 9.17) is 15.2 Å². The number of benzene rings is 1. The highest BCUT2D eigenvalue weighted by atomic mass is 32.2. The number of H-pyrrole nitrogens is 1. The zero-order chi connectivity index (χ0) is 14.2. The number of imidazole rings is 1. The van der Waals surface area contributed by atoms with Gasteiger partial charge in [0.1, 0.15) is 25.1 Å². The molecule has 106 valence electrons. The minimum atomic E-state index is 0.390. The molecule has 0 spiro atoms. The molecule has 0 atom stereocenters. The van der Waals surface area contributed by atoms with Crippen molar-refractivity contribution in [3.63, 3.8) is 0 Å². The Hall–Kier alpha value is -2.48. The van der Waals surface area contributed by atoms with Crippen LogP contribution in [0.25, 0.3) is 11.2 Å². The maximum absolute atomic E-state index is 5.79. The van der Waals surface area contributed by atoms with Crippen LogP contribution < -0.4 is 15.2 Å². The molecule has 0 bridgehead atoms. The number of fused-ring (bicyclic) bond motifs is 2. The zero-order valence-corrected chi connectivity index (χ0v) is 11.7. The molecule has 1 aliphatic heterocycles. The molecule has 3 aromatic rings. The van der Waals surface area contributed by atoms with Gasteiger partial charge in [-0.25, -0.2) is 15.0 Å². The van der Waals surface area contributed by atoms with Crippen molar-refractivity contribution in [2.24, 2.45) is 0 Å². The molecular formula is C13H11N5O2S. The molecule has 0 saturated heterocycles. The standard InChI is InChI=1S/C13H11N5O2S/c14-11-10-12(16-6-15-11)18-13(17-10)21-7-1-2-8-9(5-7)20-4-3-19-8/h1-2,5-6H,3-4H2,(H3,14,15,16,17,18). The first-order valence-corrected chi connectivity index (χ1v) is 7.15. The molecule has 0 amide bonds. The fraction of sp³-hybridized carbons (Fsp3) is 0.154. The van der Waals surface area contributed by atoms with Crippen LogP contribution in [-0.2, 0) is 0 Å². The lowest BCUT2D eigenvalue weighted by atomic mass is 10.3. The highest BCUT2D eigenvalue weighted by Crippen LogP contribution is 2.36. The van der Waals surface area contributed by atoms with E-state index < -0.39 is 0 Å². The Labute approximate surface area is 123 Å². The van der Waals surface area contributed by atoms with E-state index in [0.29, 0.717) is 35.4 Å². The number of hydrogen-bond donors (Lipinski definition) is 2. The van der Waals surface area contributed by atoms with Crippen molar-refractivity contribution in [3.8, 4) is 11.5 Å². The minimum absolute atomic E-state index is 0.390. The number of nitrogen functional groups attached to an aromatic ring is 1. The summed E-state index contributed by atoms with van der Waals surface area (Å²) in [6.45, 7) is 1.15. The van der Waals surface area contributed by atoms with Crippen LogP contribution >= 0.6 is 11.8 Å². The number of hydrogen-bond acceptors (Lipinski definition) is 7. The van der Waals surface area contributed by atoms with Gasteiger partial charge in [0.25, 0.3) is 0 Å². The van der Waals surface area contributed by atoms with E-state index >= 15 is 0 Å². The fourth-order valence-electron chi connectivity index (χ4n) is 2.07. The van der Waals surface area contributed by atoms with Crippen molar-refractivity contribution in [1.29, 1.82) is 0 Å². The van der Waals surface area contributed by atoms with Crippen molar-refractivity contribution in [1.82, 2.24) is 19.9 Å². The molecule has 0 radical (unpaired) electrons. The first-order valence-electron chi connectivity index (χ1n) is 6.33. The third-order valence-corrected chi connectivity index (χ3v) is 3.90. The van der Waals surface area contributed by atoms with Gasteiger partial charge in [0.05, 0.1) is 0 Å². The largest absolute Gasteiger partial charge is 0.486 e. The van der Waals surface area contributed by atoms with Crippen LogP contribution in [0.5, 0.6) is 11.5 Å². The van der Waals surface area contributed by atoms with Crippen molar-refractivity contribution < 1.29 is 9.47 Å². The highest BCUT2D eigenvalue weighted by molar-refractivity contribution is 7.99. The van der Waals surface area contributed by atoms with Gasteiger partial charge in [-0.1, -0.05) is 11.8 Å². The molecule has 7 nitrogen and oxygen atoms in total. The number of ether oxygens (including phenoxy) is 2. The van der Waals surface area contributed by atoms with Gasteiger partial charge in [-0.2, -0.15) is 0 Å². The molecule has 4 rings (SSSR count). The Morgan fingerprint density at radius 3 is 2.86 bits per heavy atom. The van der Waals surface area contributed by atoms with Gasteiger partial charge in [-0.15, -0.1) is 0 Å². The van der Waals surface area contributed by atoms with Gasteiger partial charge in [-0.3, -0.25) is 0 Å². The van der Waals surface area contributed by atoms with Crippen LogP contribution in [0.4, 0.5) is 5.82 Å². The third-order valence-electron chi connectivity index (χ3n) is 3.02. The van der Waals surface area contributed by atoms with Crippen molar-refractivity contribution in [2.75, 3.05) is 18.9 Å². The maximum Gasteiger partial charge on any atom is 0.183 e. The average molecular weight is 301 g/mol. The maximum atomic E-state index is 5.79. The normalized spacial score (nSPS) is 13.5. The number of nitrogens with one attached hydrogen (secondary N) is 1. The topological polar surface area (TPSA) is 98.9 Å². The van der Waals surface area contributed by atoms with Crippen LogP contribution in [0.15, 0.2) is 34.6 Å². The van der Waals surface area contributed by atoms with Crippen molar-refractivity contribution in [2.45, 2.75) is 10.1 Å². The second-order valence-corrected chi connectivity index (χ2v) is 5.47. The molecule has 21 heavy (non-hydrogen) atoms. The third kappa shape index (κ3) is 2.23. The van der Waals surface area contributed by atoms with Gasteiger partial charge in [0.2, 0.25) is 0 Å². The number of aromatic amines is 1. The molecule has 0 aliphatic carbocycles. The van der Waals surface area contributed by atoms with E-state index in [0.717, 1.165) is 16.4 Å². The fourth-order valence-corrected chi connectivity index (χ4v) is 2.88. The number of nitrogens with two attached hydrogens (primary N) is 1. The Bertz CT molecular complexity index is 819. The van der Waals surface area contributed by atoms with Crippen molar-refractivity contribution in [3.05, 3.63) is 24.5 Å². The lowest BCUT2D eigenvalue weighted by molar-refractivity contribution is 0.171. The predicted octanol–water partition coefficient (Wildman–Crippen LogP) is 1.86. The van der Waals surface area contributed by atoms with Gasteiger partial charge < -0.3 is 20.2 Å². The molecule has 3 heterocycles. The second-order valence-electron chi connectivity index (χ2n) is 4.41. The van der Waals surface area contributed by atoms with Crippen LogP contribution in [0, 0.1) is 0 Å². The first-order chi connectivity index (χ1) is 10.3. The summed E-state index contributed by atoms with van der Waals surface area (Å²) in [5.41, 5.74) is 6.99. The van der Waals surface area contributed by atoms with Gasteiger partial charge >= 0.3 is 0 Å². The number of aromatic nitrogens is 4. The first kappa shape index (κ1) is 12.3. The van der Waals surface area contributed by atoms with Gasteiger partial charge in [0.15, 0.2) is 28.1 Å². The van der Waals surface area contributed by atoms with Gasteiger partial charge in [-0.05, 0) is 18.2 Å². The molecule has 0 unspecified atom stereocenters. The Morgan fingerprint density at radius 2 is 2.00 bits per heavy atom. The lowest BCUT2D eigenvalue weighted by Crippen LogP contribution is -2.15. The summed E-state index contributed by atoms with van der Waals surface area (Å²) in [7, 11) is 0. The molecule has 1 aliphatic rings. The van der Waals surface area contributed by atoms with Crippen molar-refractivity contribution >= 4 is 28.7 Å². The Kier molecular flexibility index (Phi) is 2.81. The number of anilines is 1. The molecule has 1 aromatic carbocycles. The summed E-state index contributed by atoms with van der Waals surface area (Å²) in [6, 6.07) is 5.79. The molecule has 0 saturated carbocycles. The van der Waals surface area contributed by atoms with E-state index in [1.807, 2.05) is 18.2 Å². The smallest absolute Gasteiger partial charge is 0.183 e. The second kappa shape index (κ2) is 4.81. The lowest BCUT2D eigenvalue weighted by Gasteiger charge is -2.18. The van der Waals surface area contributed by atoms with Gasteiger partial charge in [0, 0.05) is 4.90 Å². The summed E-state index contributed by atoms with van der Waals surface area (Å²) in [5.74, 6) is 1.91. The minimum Gasteiger partial charge on any atom is -0.486 e. The Morgan fingerprint density at radius 1 is 1.14 bits per heavy atom. The average Bonchev–Trinajstić information content (AvgIpc) is 2.91. The summed E-state index contributed by atoms with van der Waals surface area (Å²) in [4.78, 5) is 16.5. The molecule has 8 heteroatoms. The molecule has 2 aromatic heterocycles. The quantitative estimate of drug-likeness (QED) is 0.745. The van der Waals surface area contributed by atoms with Crippen LogP contribution in [-0.4, -0.2) is 33.1 Å². The van der Waals surface area contributed by atoms with E-state index in [2.05, 4.69) is 19.9 Å². The monoisotopic (exact) mass is 301 g/mol. The summed E-state index contributed by atoms with van der Waals surface area (Å²) in [5, 5.41) is 0.703. The SMILES string of the molecule is Nc1ncnc2nc(Sc3ccc4c(c3)OCCO4)[nH]c12. The molecule has 3 N–H and O–H groups in total. The Balaban J connectivity index is 1.66. The predicted molar refractivity (Wildman–Crippen MR) is 77.7 cm³/mol. The summed E-state index contributed by atoms with van der Waals surface area (Å²) >= 11 is 1.47. The highest BCUT2D eigenvalue weighted by Gasteiger charge is 2.14. The number of nitrogens with zero attached hydrogens (tertiary/aromatic N) is 3. The van der Waals surface area contributed by atoms with Crippen LogP contribution in [0.2, 0.25) is 0 Å². The van der Waals surface area contributed by atoms with E-state index in [9.17, 15) is 0 Å². The summed E-state index contributed by atoms with van der Waals surface area (Å²) < 4.78 is 11.1. The molecule has 0 fully saturated rings. The van der Waals surface area contributed by atoms with Crippen LogP contribution in [0.1, 0.15) is 0 Å². The number of rotatable bonds is 2. The summed E-state index contributed by atoms with van der Waals surface area (Å²) in [6.07, 6.45) is 1.40. The zero-order valence-electron chi connectivity index (χ0n) is 10.9. The molecular weight excluding hydrogens is 290 g/mol. The van der Waals surface area contributed by atoms with E-state index in [1.165, 1.54) is 18.1 Å². The van der Waals surface area contributed by atoms with E-state index in [1.54, 1.807) is 0 Å².